The summed E-state index contributed by atoms with van der Waals surface area (Å²) < 4.78 is 5.33. The van der Waals surface area contributed by atoms with Crippen LogP contribution in [-0.4, -0.2) is 47.0 Å². The average molecular weight is 410 g/mol. The first-order valence-corrected chi connectivity index (χ1v) is 10.00. The molecule has 29 heavy (non-hydrogen) atoms. The van der Waals surface area contributed by atoms with Gasteiger partial charge in [-0.15, -0.1) is 0 Å². The number of anilines is 1. The number of carbonyl (C=O) groups excluding carboxylic acids is 2. The van der Waals surface area contributed by atoms with Gasteiger partial charge in [-0.05, 0) is 55.8 Å². The molecule has 150 valence electrons. The number of thiocarbonyl (C=S) groups is 1. The maximum atomic E-state index is 12.4. The third-order valence-electron chi connectivity index (χ3n) is 5.19. The first kappa shape index (κ1) is 19.3. The lowest BCUT2D eigenvalue weighted by Gasteiger charge is -2.29. The van der Waals surface area contributed by atoms with Gasteiger partial charge in [-0.25, -0.2) is 4.98 Å². The molecule has 0 unspecified atom stereocenters. The van der Waals surface area contributed by atoms with Crippen molar-refractivity contribution in [2.75, 3.05) is 25.1 Å². The summed E-state index contributed by atoms with van der Waals surface area (Å²) in [7, 11) is 1.63. The van der Waals surface area contributed by atoms with Gasteiger partial charge < -0.3 is 9.64 Å². The Kier molecular flexibility index (Phi) is 5.19. The molecule has 2 aliphatic rings. The van der Waals surface area contributed by atoms with Crippen molar-refractivity contribution in [3.05, 3.63) is 35.5 Å². The molecule has 0 atom stereocenters. The minimum atomic E-state index is -0.385. The number of nitrogens with zero attached hydrogens (tertiary/aromatic N) is 3. The number of carbonyl (C=O) groups is 2. The first-order chi connectivity index (χ1) is 14.0. The van der Waals surface area contributed by atoms with Crippen LogP contribution in [0.1, 0.15) is 31.7 Å². The lowest BCUT2D eigenvalue weighted by atomic mass is 10.1. The van der Waals surface area contributed by atoms with E-state index in [0.29, 0.717) is 0 Å². The predicted molar refractivity (Wildman–Crippen MR) is 116 cm³/mol. The molecule has 2 saturated heterocycles. The van der Waals surface area contributed by atoms with E-state index in [1.807, 2.05) is 24.3 Å². The number of aromatic nitrogens is 1. The lowest BCUT2D eigenvalue weighted by Crippen LogP contribution is -2.31. The van der Waals surface area contributed by atoms with Crippen LogP contribution in [0.5, 0.6) is 5.75 Å². The Hall–Kier alpha value is -3.00. The van der Waals surface area contributed by atoms with Gasteiger partial charge in [-0.3, -0.25) is 19.8 Å². The molecule has 2 amide bonds. The zero-order chi connectivity index (χ0) is 20.5. The second-order valence-corrected chi connectivity index (χ2v) is 7.54. The number of ether oxygens (including phenoxy) is 1. The van der Waals surface area contributed by atoms with Crippen LogP contribution < -0.4 is 15.0 Å². The number of pyridine rings is 1. The molecule has 0 saturated carbocycles. The van der Waals surface area contributed by atoms with Crippen LogP contribution in [0.15, 0.2) is 30.0 Å². The molecule has 0 radical (unpaired) electrons. The maximum Gasteiger partial charge on any atom is 0.274 e. The van der Waals surface area contributed by atoms with Crippen LogP contribution in [0.4, 0.5) is 5.82 Å². The Morgan fingerprint density at radius 1 is 1.24 bits per heavy atom. The van der Waals surface area contributed by atoms with Gasteiger partial charge in [0.25, 0.3) is 5.91 Å². The predicted octanol–water partition coefficient (Wildman–Crippen LogP) is 2.84. The second-order valence-electron chi connectivity index (χ2n) is 7.15. The highest BCUT2D eigenvalue weighted by Crippen LogP contribution is 2.31. The molecule has 2 fully saturated rings. The Balaban J connectivity index is 1.88. The summed E-state index contributed by atoms with van der Waals surface area (Å²) >= 11 is 5.14. The molecule has 3 heterocycles. The molecule has 7 nitrogen and oxygen atoms in total. The van der Waals surface area contributed by atoms with Crippen molar-refractivity contribution in [1.82, 2.24) is 15.2 Å². The molecule has 1 aromatic heterocycles. The molecule has 4 rings (SSSR count). The smallest absolute Gasteiger partial charge is 0.274 e. The van der Waals surface area contributed by atoms with Gasteiger partial charge in [0.1, 0.15) is 17.3 Å². The van der Waals surface area contributed by atoms with Crippen molar-refractivity contribution in [2.45, 2.75) is 26.2 Å². The van der Waals surface area contributed by atoms with Gasteiger partial charge in [0, 0.05) is 37.0 Å². The van der Waals surface area contributed by atoms with Crippen molar-refractivity contribution >= 4 is 51.9 Å². The third-order valence-corrected chi connectivity index (χ3v) is 5.48. The number of piperidine rings is 1. The summed E-state index contributed by atoms with van der Waals surface area (Å²) in [5.74, 6) is 0.846. The largest absolute Gasteiger partial charge is 0.497 e. The third kappa shape index (κ3) is 3.67. The fourth-order valence-electron chi connectivity index (χ4n) is 3.76. The number of nitrogens with one attached hydrogen (secondary N) is 1. The van der Waals surface area contributed by atoms with Gasteiger partial charge in [-0.2, -0.15) is 0 Å². The Bertz CT molecular complexity index is 1040. The number of benzene rings is 1. The summed E-state index contributed by atoms with van der Waals surface area (Å²) in [5.41, 5.74) is 1.82. The van der Waals surface area contributed by atoms with Crippen LogP contribution in [0.25, 0.3) is 17.0 Å². The summed E-state index contributed by atoms with van der Waals surface area (Å²) in [6.45, 7) is 3.19. The standard InChI is InChI=1S/C21H22N4O3S/c1-13(26)25-18(20(27)23-21(25)29)11-15-10-14-6-7-16(28-2)12-17(14)22-19(15)24-8-4-3-5-9-24/h6-7,10-12H,3-5,8-9H2,1-2H3,(H,23,27,29)/b18-11-. The minimum Gasteiger partial charge on any atom is -0.497 e. The summed E-state index contributed by atoms with van der Waals surface area (Å²) in [6, 6.07) is 7.71. The van der Waals surface area contributed by atoms with Gasteiger partial charge in [0.2, 0.25) is 5.91 Å². The summed E-state index contributed by atoms with van der Waals surface area (Å²) in [4.78, 5) is 32.8. The molecule has 0 bridgehead atoms. The van der Waals surface area contributed by atoms with E-state index in [0.717, 1.165) is 54.0 Å². The van der Waals surface area contributed by atoms with Crippen molar-refractivity contribution in [1.29, 1.82) is 0 Å². The van der Waals surface area contributed by atoms with Crippen LogP contribution in [-0.2, 0) is 9.59 Å². The van der Waals surface area contributed by atoms with Crippen molar-refractivity contribution in [3.8, 4) is 5.75 Å². The lowest BCUT2D eigenvalue weighted by molar-refractivity contribution is -0.125. The molecule has 2 aromatic rings. The number of rotatable bonds is 3. The van der Waals surface area contributed by atoms with E-state index in [2.05, 4.69) is 10.2 Å². The molecular weight excluding hydrogens is 388 g/mol. The SMILES string of the molecule is COc1ccc2cc(/C=C3/C(=O)NC(=S)N3C(C)=O)c(N3CCCCC3)nc2c1. The van der Waals surface area contributed by atoms with Crippen LogP contribution in [0, 0.1) is 0 Å². The molecule has 0 spiro atoms. The van der Waals surface area contributed by atoms with Gasteiger partial charge in [0.05, 0.1) is 12.6 Å². The quantitative estimate of drug-likeness (QED) is 0.620. The zero-order valence-electron chi connectivity index (χ0n) is 16.4. The van der Waals surface area contributed by atoms with Crippen LogP contribution in [0.3, 0.4) is 0 Å². The van der Waals surface area contributed by atoms with E-state index in [9.17, 15) is 9.59 Å². The monoisotopic (exact) mass is 410 g/mol. The maximum absolute atomic E-state index is 12.4. The minimum absolute atomic E-state index is 0.103. The Labute approximate surface area is 174 Å². The summed E-state index contributed by atoms with van der Waals surface area (Å²) in [6.07, 6.45) is 5.09. The highest BCUT2D eigenvalue weighted by molar-refractivity contribution is 7.80. The number of methoxy groups -OCH3 is 1. The Morgan fingerprint density at radius 3 is 2.69 bits per heavy atom. The van der Waals surface area contributed by atoms with E-state index in [1.165, 1.54) is 18.2 Å². The van der Waals surface area contributed by atoms with Crippen molar-refractivity contribution < 1.29 is 14.3 Å². The fourth-order valence-corrected chi connectivity index (χ4v) is 4.08. The van der Waals surface area contributed by atoms with Crippen molar-refractivity contribution in [3.63, 3.8) is 0 Å². The summed E-state index contributed by atoms with van der Waals surface area (Å²) in [5, 5.41) is 3.58. The molecule has 0 aliphatic carbocycles. The average Bonchev–Trinajstić information content (AvgIpc) is 3.00. The second kappa shape index (κ2) is 7.79. The van der Waals surface area contributed by atoms with E-state index in [4.69, 9.17) is 21.9 Å². The topological polar surface area (TPSA) is 74.8 Å². The number of hydrogen-bond acceptors (Lipinski definition) is 6. The molecular formula is C21H22N4O3S. The number of amides is 2. The van der Waals surface area contributed by atoms with Gasteiger partial charge in [0.15, 0.2) is 5.11 Å². The number of fused-ring (bicyclic) bond motifs is 1. The zero-order valence-corrected chi connectivity index (χ0v) is 17.2. The highest BCUT2D eigenvalue weighted by atomic mass is 32.1. The van der Waals surface area contributed by atoms with Crippen LogP contribution in [0.2, 0.25) is 0 Å². The van der Waals surface area contributed by atoms with E-state index < -0.39 is 0 Å². The molecule has 2 aliphatic heterocycles. The van der Waals surface area contributed by atoms with Crippen molar-refractivity contribution in [2.24, 2.45) is 0 Å². The normalized spacial score (nSPS) is 18.5. The van der Waals surface area contributed by atoms with Gasteiger partial charge >= 0.3 is 0 Å². The molecule has 1 N–H and O–H groups in total. The number of hydrogen-bond donors (Lipinski definition) is 1. The first-order valence-electron chi connectivity index (χ1n) is 9.59. The van der Waals surface area contributed by atoms with E-state index >= 15 is 0 Å². The van der Waals surface area contributed by atoms with E-state index in [1.54, 1.807) is 13.2 Å². The molecule has 8 heteroatoms. The fraction of sp³-hybridized carbons (Fsp3) is 0.333. The van der Waals surface area contributed by atoms with Crippen LogP contribution >= 0.6 is 12.2 Å². The van der Waals surface area contributed by atoms with E-state index in [-0.39, 0.29) is 22.6 Å². The highest BCUT2D eigenvalue weighted by Gasteiger charge is 2.33. The molecule has 1 aromatic carbocycles. The Morgan fingerprint density at radius 2 is 2.00 bits per heavy atom. The van der Waals surface area contributed by atoms with Gasteiger partial charge in [-0.1, -0.05) is 0 Å².